The van der Waals surface area contributed by atoms with Gasteiger partial charge >= 0.3 is 79.6 Å². The first-order chi connectivity index (χ1) is 4.98. The zero-order valence-corrected chi connectivity index (χ0v) is 11.0. The third-order valence-corrected chi connectivity index (χ3v) is 7.56. The van der Waals surface area contributed by atoms with E-state index < -0.39 is 0 Å². The van der Waals surface area contributed by atoms with Gasteiger partial charge < -0.3 is 0 Å². The molecule has 3 atom stereocenters. The van der Waals surface area contributed by atoms with Gasteiger partial charge in [0.05, 0.1) is 0 Å². The van der Waals surface area contributed by atoms with Crippen molar-refractivity contribution in [3.8, 4) is 0 Å². The SMILES string of the molecule is CC1(C)C2CCC1(C)[CH]([Zn])C2. The molecule has 2 aliphatic carbocycles. The van der Waals surface area contributed by atoms with Crippen LogP contribution in [0.1, 0.15) is 40.0 Å². The maximum atomic E-state index is 2.54. The van der Waals surface area contributed by atoms with Crippen molar-refractivity contribution < 1.29 is 18.3 Å². The predicted molar refractivity (Wildman–Crippen MR) is 43.0 cm³/mol. The summed E-state index contributed by atoms with van der Waals surface area (Å²) in [4.78, 5) is 0. The number of fused-ring (bicyclic) bond motifs is 2. The Morgan fingerprint density at radius 1 is 1.27 bits per heavy atom. The molecule has 0 spiro atoms. The molecule has 2 rings (SSSR count). The van der Waals surface area contributed by atoms with E-state index in [1.54, 1.807) is 6.42 Å². The summed E-state index contributed by atoms with van der Waals surface area (Å²) in [6.07, 6.45) is 4.57. The zero-order valence-electron chi connectivity index (χ0n) is 7.98. The van der Waals surface area contributed by atoms with Gasteiger partial charge in [0.25, 0.3) is 0 Å². The van der Waals surface area contributed by atoms with Crippen LogP contribution in [0.4, 0.5) is 0 Å². The Hall–Kier alpha value is 0.623. The quantitative estimate of drug-likeness (QED) is 0.530. The van der Waals surface area contributed by atoms with Crippen molar-refractivity contribution in [3.05, 3.63) is 0 Å². The van der Waals surface area contributed by atoms with E-state index in [1.165, 1.54) is 31.1 Å². The molecule has 2 saturated carbocycles. The molecule has 0 saturated heterocycles. The molecule has 0 aromatic carbocycles. The predicted octanol–water partition coefficient (Wildman–Crippen LogP) is 3.17. The summed E-state index contributed by atoms with van der Waals surface area (Å²) in [5.74, 6) is 1.06. The Kier molecular flexibility index (Phi) is 1.57. The molecule has 2 fully saturated rings. The average molecular weight is 203 g/mol. The fourth-order valence-electron chi connectivity index (χ4n) is 3.37. The van der Waals surface area contributed by atoms with Crippen LogP contribution in [0, 0.1) is 16.7 Å². The molecule has 2 bridgehead atoms. The van der Waals surface area contributed by atoms with Crippen molar-refractivity contribution >= 4 is 0 Å². The fraction of sp³-hybridized carbons (Fsp3) is 1.00. The molecule has 0 N–H and O–H groups in total. The van der Waals surface area contributed by atoms with Crippen LogP contribution in [-0.4, -0.2) is 0 Å². The van der Waals surface area contributed by atoms with Gasteiger partial charge in [-0.15, -0.1) is 0 Å². The molecule has 0 aliphatic heterocycles. The van der Waals surface area contributed by atoms with Crippen molar-refractivity contribution in [1.82, 2.24) is 0 Å². The summed E-state index contributed by atoms with van der Waals surface area (Å²) < 4.78 is 1.09. The molecule has 0 aromatic rings. The summed E-state index contributed by atoms with van der Waals surface area (Å²) in [5, 5.41) is 0. The molecular weight excluding hydrogens is 185 g/mol. The van der Waals surface area contributed by atoms with Crippen molar-refractivity contribution in [2.75, 3.05) is 0 Å². The average Bonchev–Trinajstić information content (AvgIpc) is 2.20. The van der Waals surface area contributed by atoms with Gasteiger partial charge in [0.2, 0.25) is 0 Å². The van der Waals surface area contributed by atoms with Crippen molar-refractivity contribution in [2.24, 2.45) is 16.7 Å². The van der Waals surface area contributed by atoms with Gasteiger partial charge in [-0.2, -0.15) is 0 Å². The first-order valence-electron chi connectivity index (χ1n) is 4.81. The van der Waals surface area contributed by atoms with Crippen molar-refractivity contribution in [3.63, 3.8) is 0 Å². The van der Waals surface area contributed by atoms with Crippen LogP contribution in [0.2, 0.25) is 4.51 Å². The van der Waals surface area contributed by atoms with Gasteiger partial charge in [0, 0.05) is 0 Å². The normalized spacial score (nSPS) is 53.5. The van der Waals surface area contributed by atoms with Gasteiger partial charge in [0.1, 0.15) is 0 Å². The first-order valence-corrected chi connectivity index (χ1v) is 6.53. The van der Waals surface area contributed by atoms with E-state index in [1.807, 2.05) is 0 Å². The van der Waals surface area contributed by atoms with Crippen LogP contribution in [-0.2, 0) is 18.3 Å². The number of rotatable bonds is 0. The molecule has 2 aliphatic rings. The maximum absolute atomic E-state index is 2.54. The third-order valence-electron chi connectivity index (χ3n) is 4.97. The fourth-order valence-corrected chi connectivity index (χ4v) is 5.75. The Balaban J connectivity index is 2.40. The first kappa shape index (κ1) is 8.23. The molecule has 59 valence electrons. The molecule has 0 aromatic heterocycles. The zero-order chi connectivity index (χ0) is 8.28. The van der Waals surface area contributed by atoms with Gasteiger partial charge in [-0.05, 0) is 0 Å². The van der Waals surface area contributed by atoms with E-state index >= 15 is 0 Å². The van der Waals surface area contributed by atoms with Gasteiger partial charge in [-0.25, -0.2) is 0 Å². The van der Waals surface area contributed by atoms with E-state index in [4.69, 9.17) is 0 Å². The van der Waals surface area contributed by atoms with Crippen molar-refractivity contribution in [2.45, 2.75) is 44.5 Å². The molecular formula is C10H17Zn. The van der Waals surface area contributed by atoms with Crippen molar-refractivity contribution in [1.29, 1.82) is 0 Å². The minimum absolute atomic E-state index is 0.663. The number of hydrogen-bond acceptors (Lipinski definition) is 0. The van der Waals surface area contributed by atoms with Gasteiger partial charge in [0.15, 0.2) is 0 Å². The Labute approximate surface area is 79.8 Å². The minimum atomic E-state index is 0.663. The van der Waals surface area contributed by atoms with Crippen LogP contribution in [0.3, 0.4) is 0 Å². The van der Waals surface area contributed by atoms with E-state index in [2.05, 4.69) is 20.8 Å². The van der Waals surface area contributed by atoms with Crippen LogP contribution in [0.25, 0.3) is 0 Å². The molecule has 11 heavy (non-hydrogen) atoms. The molecule has 0 radical (unpaired) electrons. The van der Waals surface area contributed by atoms with E-state index in [-0.39, 0.29) is 0 Å². The topological polar surface area (TPSA) is 0 Å². The van der Waals surface area contributed by atoms with Crippen LogP contribution in [0.15, 0.2) is 0 Å². The summed E-state index contributed by atoms with van der Waals surface area (Å²) in [7, 11) is 0. The summed E-state index contributed by atoms with van der Waals surface area (Å²) >= 11 is 1.52. The third kappa shape index (κ3) is 0.790. The Morgan fingerprint density at radius 3 is 2.09 bits per heavy atom. The van der Waals surface area contributed by atoms with E-state index in [9.17, 15) is 0 Å². The second kappa shape index (κ2) is 2.10. The summed E-state index contributed by atoms with van der Waals surface area (Å²) in [5.41, 5.74) is 1.38. The van der Waals surface area contributed by atoms with E-state index in [0.29, 0.717) is 5.41 Å². The molecule has 1 heteroatoms. The van der Waals surface area contributed by atoms with Crippen LogP contribution < -0.4 is 0 Å². The monoisotopic (exact) mass is 201 g/mol. The second-order valence-corrected chi connectivity index (χ2v) is 7.38. The molecule has 3 unspecified atom stereocenters. The Morgan fingerprint density at radius 2 is 1.91 bits per heavy atom. The second-order valence-electron chi connectivity index (χ2n) is 5.31. The summed E-state index contributed by atoms with van der Waals surface area (Å²) in [6.45, 7) is 7.54. The van der Waals surface area contributed by atoms with Gasteiger partial charge in [-0.3, -0.25) is 0 Å². The molecule has 0 amide bonds. The molecule has 0 nitrogen and oxygen atoms in total. The molecule has 0 heterocycles. The summed E-state index contributed by atoms with van der Waals surface area (Å²) in [6, 6.07) is 0. The standard InChI is InChI=1S/C10H17.Zn/c1-9(2)8-4-6-10(9,3)7-5-8;/h6,8H,4-5,7H2,1-3H3;. The van der Waals surface area contributed by atoms with Gasteiger partial charge in [-0.1, -0.05) is 0 Å². The van der Waals surface area contributed by atoms with Crippen LogP contribution >= 0.6 is 0 Å². The Bertz CT molecular complexity index is 185. The van der Waals surface area contributed by atoms with Crippen LogP contribution in [0.5, 0.6) is 0 Å². The number of hydrogen-bond donors (Lipinski definition) is 0. The van der Waals surface area contributed by atoms with E-state index in [0.717, 1.165) is 15.8 Å².